The fraction of sp³-hybridized carbons (Fsp3) is 1.00. The first-order valence-corrected chi connectivity index (χ1v) is 5.07. The molecular formula is C6H15AgNO4S. The average Bonchev–Trinajstić information content (AvgIpc) is 1.88. The average molecular weight is 305 g/mol. The molecule has 85 valence electrons. The summed E-state index contributed by atoms with van der Waals surface area (Å²) in [5.74, 6) is 0. The zero-order chi connectivity index (χ0) is 10.2. The molecule has 0 N–H and O–H groups in total. The van der Waals surface area contributed by atoms with Crippen molar-refractivity contribution in [3.8, 4) is 0 Å². The minimum Gasteiger partial charge on any atom is -0.759 e. The number of hydrogen-bond acceptors (Lipinski definition) is 5. The Hall–Kier alpha value is 0.570. The third-order valence-electron chi connectivity index (χ3n) is 1.34. The minimum absolute atomic E-state index is 0. The fourth-order valence-corrected chi connectivity index (χ4v) is 0.671. The standard InChI is InChI=1S/C6H15N.Ag.H2O4S/c1-4-7(5-2)6-3;;1-5(2,3)4/h4-6H2,1-3H3;;(H2,1,2,3,4)/q;+2;/p-2. The van der Waals surface area contributed by atoms with Gasteiger partial charge in [0.25, 0.3) is 0 Å². The molecule has 13 heavy (non-hydrogen) atoms. The van der Waals surface area contributed by atoms with Gasteiger partial charge in [-0.2, -0.15) is 0 Å². The SMILES string of the molecule is CCN(CC)CC.O=S(=O)([O-])[O-].[Ag+2]. The maximum Gasteiger partial charge on any atom is 2.00 e. The van der Waals surface area contributed by atoms with Crippen molar-refractivity contribution in [3.05, 3.63) is 0 Å². The Morgan fingerprint density at radius 1 is 1.00 bits per heavy atom. The van der Waals surface area contributed by atoms with Gasteiger partial charge in [0.2, 0.25) is 0 Å². The fourth-order valence-electron chi connectivity index (χ4n) is 0.671. The second-order valence-corrected chi connectivity index (χ2v) is 2.84. The van der Waals surface area contributed by atoms with Gasteiger partial charge in [0.15, 0.2) is 0 Å². The van der Waals surface area contributed by atoms with Crippen molar-refractivity contribution >= 4 is 10.4 Å². The molecule has 0 aliphatic rings. The predicted octanol–water partition coefficient (Wildman–Crippen LogP) is 0.00760. The largest absolute Gasteiger partial charge is 2.00 e. The Labute approximate surface area is 95.6 Å². The van der Waals surface area contributed by atoms with E-state index in [1.165, 1.54) is 19.6 Å². The zero-order valence-corrected chi connectivity index (χ0v) is 10.2. The van der Waals surface area contributed by atoms with Gasteiger partial charge in [0.1, 0.15) is 0 Å². The van der Waals surface area contributed by atoms with Gasteiger partial charge in [-0.05, 0) is 19.6 Å². The molecule has 0 spiro atoms. The van der Waals surface area contributed by atoms with E-state index in [2.05, 4.69) is 25.7 Å². The van der Waals surface area contributed by atoms with Gasteiger partial charge in [-0.25, -0.2) is 0 Å². The minimum atomic E-state index is -5.17. The first kappa shape index (κ1) is 19.2. The van der Waals surface area contributed by atoms with Gasteiger partial charge >= 0.3 is 22.4 Å². The quantitative estimate of drug-likeness (QED) is 0.416. The predicted molar refractivity (Wildman–Crippen MR) is 43.9 cm³/mol. The number of hydrogen-bond donors (Lipinski definition) is 0. The van der Waals surface area contributed by atoms with E-state index in [1.54, 1.807) is 0 Å². The van der Waals surface area contributed by atoms with Crippen molar-refractivity contribution in [2.24, 2.45) is 0 Å². The molecule has 0 saturated carbocycles. The molecule has 0 atom stereocenters. The van der Waals surface area contributed by atoms with E-state index in [0.717, 1.165) is 0 Å². The molecule has 0 aromatic rings. The van der Waals surface area contributed by atoms with Gasteiger partial charge in [-0.1, -0.05) is 20.8 Å². The molecule has 1 radical (unpaired) electrons. The maximum atomic E-state index is 8.52. The molecule has 0 fully saturated rings. The van der Waals surface area contributed by atoms with Crippen molar-refractivity contribution in [2.45, 2.75) is 20.8 Å². The third kappa shape index (κ3) is 32.5. The van der Waals surface area contributed by atoms with Crippen molar-refractivity contribution in [3.63, 3.8) is 0 Å². The molecule has 0 aliphatic carbocycles. The van der Waals surface area contributed by atoms with Gasteiger partial charge < -0.3 is 14.0 Å². The van der Waals surface area contributed by atoms with Crippen LogP contribution in [0.3, 0.4) is 0 Å². The van der Waals surface area contributed by atoms with Crippen LogP contribution in [0.15, 0.2) is 0 Å². The molecule has 0 aliphatic heterocycles. The van der Waals surface area contributed by atoms with Crippen molar-refractivity contribution in [2.75, 3.05) is 19.6 Å². The summed E-state index contributed by atoms with van der Waals surface area (Å²) in [4.78, 5) is 2.38. The summed E-state index contributed by atoms with van der Waals surface area (Å²) in [7, 11) is -5.17. The van der Waals surface area contributed by atoms with Gasteiger partial charge in [-0.3, -0.25) is 8.42 Å². The molecule has 0 heterocycles. The summed E-state index contributed by atoms with van der Waals surface area (Å²) in [6.07, 6.45) is 0. The monoisotopic (exact) mass is 304 g/mol. The van der Waals surface area contributed by atoms with Crippen LogP contribution in [-0.2, 0) is 32.8 Å². The first-order valence-electron chi connectivity index (χ1n) is 3.74. The molecule has 0 unspecified atom stereocenters. The number of rotatable bonds is 3. The molecule has 0 saturated heterocycles. The Morgan fingerprint density at radius 3 is 1.15 bits per heavy atom. The summed E-state index contributed by atoms with van der Waals surface area (Å²) in [6, 6.07) is 0. The maximum absolute atomic E-state index is 8.52. The van der Waals surface area contributed by atoms with Crippen molar-refractivity contribution in [1.82, 2.24) is 4.90 Å². The Balaban J connectivity index is -0.000000150. The van der Waals surface area contributed by atoms with Crippen LogP contribution in [0.25, 0.3) is 0 Å². The van der Waals surface area contributed by atoms with E-state index in [1.807, 2.05) is 0 Å². The summed E-state index contributed by atoms with van der Waals surface area (Å²) >= 11 is 0. The molecule has 0 bridgehead atoms. The van der Waals surface area contributed by atoms with E-state index in [-0.39, 0.29) is 22.4 Å². The summed E-state index contributed by atoms with van der Waals surface area (Å²) < 4.78 is 34.1. The molecule has 0 aromatic carbocycles. The van der Waals surface area contributed by atoms with Crippen LogP contribution < -0.4 is 0 Å². The van der Waals surface area contributed by atoms with E-state index in [0.29, 0.717) is 0 Å². The van der Waals surface area contributed by atoms with Gasteiger partial charge in [0, 0.05) is 10.4 Å². The molecule has 5 nitrogen and oxygen atoms in total. The van der Waals surface area contributed by atoms with Crippen LogP contribution in [0.2, 0.25) is 0 Å². The van der Waals surface area contributed by atoms with Crippen LogP contribution in [0.4, 0.5) is 0 Å². The molecule has 7 heteroatoms. The third-order valence-corrected chi connectivity index (χ3v) is 1.34. The Kier molecular flexibility index (Phi) is 15.7. The normalized spacial score (nSPS) is 10.0. The second-order valence-electron chi connectivity index (χ2n) is 2.03. The van der Waals surface area contributed by atoms with Crippen molar-refractivity contribution < 1.29 is 39.9 Å². The van der Waals surface area contributed by atoms with Crippen LogP contribution in [0.1, 0.15) is 20.8 Å². The topological polar surface area (TPSA) is 83.5 Å². The number of nitrogens with zero attached hydrogens (tertiary/aromatic N) is 1. The van der Waals surface area contributed by atoms with Crippen LogP contribution >= 0.6 is 0 Å². The van der Waals surface area contributed by atoms with E-state index < -0.39 is 10.4 Å². The van der Waals surface area contributed by atoms with E-state index >= 15 is 0 Å². The van der Waals surface area contributed by atoms with Crippen LogP contribution in [0.5, 0.6) is 0 Å². The van der Waals surface area contributed by atoms with Crippen molar-refractivity contribution in [1.29, 1.82) is 0 Å². The Morgan fingerprint density at radius 2 is 1.15 bits per heavy atom. The van der Waals surface area contributed by atoms with Gasteiger partial charge in [-0.15, -0.1) is 0 Å². The van der Waals surface area contributed by atoms with Crippen LogP contribution in [-0.4, -0.2) is 42.1 Å². The molecule has 0 aromatic heterocycles. The summed E-state index contributed by atoms with van der Waals surface area (Å²) in [5, 5.41) is 0. The smallest absolute Gasteiger partial charge is 0.759 e. The van der Waals surface area contributed by atoms with E-state index in [9.17, 15) is 0 Å². The summed E-state index contributed by atoms with van der Waals surface area (Å²) in [5.41, 5.74) is 0. The van der Waals surface area contributed by atoms with Crippen LogP contribution in [0, 0.1) is 0 Å². The Bertz CT molecular complexity index is 166. The first-order chi connectivity index (χ1) is 5.35. The molecule has 0 amide bonds. The second kappa shape index (κ2) is 10.6. The van der Waals surface area contributed by atoms with E-state index in [4.69, 9.17) is 17.5 Å². The zero-order valence-electron chi connectivity index (χ0n) is 7.91. The van der Waals surface area contributed by atoms with Gasteiger partial charge in [0.05, 0.1) is 0 Å². The molecule has 0 rings (SSSR count). The molecular weight excluding hydrogens is 290 g/mol. The summed E-state index contributed by atoms with van der Waals surface area (Å²) in [6.45, 7) is 10.1.